The van der Waals surface area contributed by atoms with Crippen LogP contribution in [-0.2, 0) is 4.79 Å². The number of aliphatic hydroxyl groups excluding tert-OH is 1. The zero-order chi connectivity index (χ0) is 23.9. The second kappa shape index (κ2) is 11.2. The Kier molecular flexibility index (Phi) is 7.80. The molecular weight excluding hydrogens is 452 g/mol. The zero-order valence-electron chi connectivity index (χ0n) is 18.6. The molecule has 2 aromatic rings. The van der Waals surface area contributed by atoms with E-state index in [1.165, 1.54) is 6.21 Å². The molecule has 34 heavy (non-hydrogen) atoms. The minimum atomic E-state index is -0.449. The first-order valence-corrected chi connectivity index (χ1v) is 11.5. The summed E-state index contributed by atoms with van der Waals surface area (Å²) in [5, 5.41) is 24.4. The summed E-state index contributed by atoms with van der Waals surface area (Å²) in [7, 11) is 0. The standard InChI is InChI=1S/C26H27ClN4O3/c27-20-5-7-21(8-6-20)30-26(33)25(24(17-28)31-15-13-29-14-16-31)34-23-11-3-19(4-12-23)18-1-9-22(32)10-2-18/h1-9,11-12,17,22,28-29,32H,10,13-16H2,(H,30,33)/b25-24-,28-17?. The highest BCUT2D eigenvalue weighted by Gasteiger charge is 2.23. The molecule has 176 valence electrons. The molecule has 1 heterocycles. The van der Waals surface area contributed by atoms with Crippen LogP contribution in [0, 0.1) is 5.41 Å². The molecule has 8 heteroatoms. The summed E-state index contributed by atoms with van der Waals surface area (Å²) in [4.78, 5) is 15.2. The zero-order valence-corrected chi connectivity index (χ0v) is 19.4. The van der Waals surface area contributed by atoms with Crippen LogP contribution in [0.4, 0.5) is 5.69 Å². The lowest BCUT2D eigenvalue weighted by Gasteiger charge is -2.30. The fourth-order valence-electron chi connectivity index (χ4n) is 3.80. The Morgan fingerprint density at radius 2 is 1.85 bits per heavy atom. The van der Waals surface area contributed by atoms with Crippen molar-refractivity contribution in [3.63, 3.8) is 0 Å². The van der Waals surface area contributed by atoms with Crippen molar-refractivity contribution in [1.29, 1.82) is 5.41 Å². The van der Waals surface area contributed by atoms with Crippen molar-refractivity contribution in [1.82, 2.24) is 10.2 Å². The van der Waals surface area contributed by atoms with Gasteiger partial charge in [0.2, 0.25) is 5.76 Å². The van der Waals surface area contributed by atoms with E-state index in [0.717, 1.165) is 24.2 Å². The maximum atomic E-state index is 13.3. The molecule has 1 atom stereocenters. The Labute approximate surface area is 203 Å². The summed E-state index contributed by atoms with van der Waals surface area (Å²) in [6.45, 7) is 2.85. The first kappa shape index (κ1) is 23.8. The van der Waals surface area contributed by atoms with Crippen molar-refractivity contribution >= 4 is 35.0 Å². The number of carbonyl (C=O) groups is 1. The first-order chi connectivity index (χ1) is 16.5. The fraction of sp³-hybridized carbons (Fsp3) is 0.231. The van der Waals surface area contributed by atoms with E-state index < -0.39 is 12.0 Å². The molecule has 2 aromatic carbocycles. The minimum Gasteiger partial charge on any atom is -0.449 e. The lowest BCUT2D eigenvalue weighted by Crippen LogP contribution is -2.44. The average Bonchev–Trinajstić information content (AvgIpc) is 2.87. The van der Waals surface area contributed by atoms with Gasteiger partial charge in [-0.05, 0) is 54.0 Å². The molecule has 1 aliphatic carbocycles. The van der Waals surface area contributed by atoms with Crippen LogP contribution < -0.4 is 15.4 Å². The molecule has 1 unspecified atom stereocenters. The lowest BCUT2D eigenvalue weighted by atomic mass is 9.98. The molecule has 1 fully saturated rings. The predicted molar refractivity (Wildman–Crippen MR) is 135 cm³/mol. The number of anilines is 1. The largest absolute Gasteiger partial charge is 0.449 e. The number of ether oxygens (including phenoxy) is 1. The molecular formula is C26H27ClN4O3. The molecule has 2 aliphatic rings. The number of rotatable bonds is 7. The van der Waals surface area contributed by atoms with E-state index in [0.29, 0.717) is 41.7 Å². The molecule has 7 nitrogen and oxygen atoms in total. The van der Waals surface area contributed by atoms with Crippen LogP contribution in [0.5, 0.6) is 5.75 Å². The fourth-order valence-corrected chi connectivity index (χ4v) is 3.92. The van der Waals surface area contributed by atoms with Gasteiger partial charge in [0.1, 0.15) is 11.4 Å². The molecule has 0 spiro atoms. The number of carbonyl (C=O) groups excluding carboxylic acids is 1. The Morgan fingerprint density at radius 1 is 1.15 bits per heavy atom. The van der Waals surface area contributed by atoms with Gasteiger partial charge in [-0.25, -0.2) is 0 Å². The highest BCUT2D eigenvalue weighted by molar-refractivity contribution is 6.30. The van der Waals surface area contributed by atoms with Crippen molar-refractivity contribution in [2.45, 2.75) is 12.5 Å². The molecule has 4 rings (SSSR count). The number of hydrogen-bond acceptors (Lipinski definition) is 6. The van der Waals surface area contributed by atoms with Crippen LogP contribution in [0.25, 0.3) is 5.57 Å². The Bertz CT molecular complexity index is 1120. The van der Waals surface area contributed by atoms with Gasteiger partial charge in [0.25, 0.3) is 5.91 Å². The number of piperazine rings is 1. The third-order valence-electron chi connectivity index (χ3n) is 5.62. The number of hydrogen-bond donors (Lipinski definition) is 4. The Morgan fingerprint density at radius 3 is 2.47 bits per heavy atom. The van der Waals surface area contributed by atoms with E-state index in [1.54, 1.807) is 42.5 Å². The highest BCUT2D eigenvalue weighted by atomic mass is 35.5. The summed E-state index contributed by atoms with van der Waals surface area (Å²) >= 11 is 5.96. The predicted octanol–water partition coefficient (Wildman–Crippen LogP) is 3.83. The van der Waals surface area contributed by atoms with E-state index in [2.05, 4.69) is 10.6 Å². The van der Waals surface area contributed by atoms with Gasteiger partial charge >= 0.3 is 0 Å². The lowest BCUT2D eigenvalue weighted by molar-refractivity contribution is -0.115. The van der Waals surface area contributed by atoms with E-state index in [4.69, 9.17) is 21.7 Å². The quantitative estimate of drug-likeness (QED) is 0.275. The van der Waals surface area contributed by atoms with Crippen LogP contribution in [-0.4, -0.2) is 54.4 Å². The summed E-state index contributed by atoms with van der Waals surface area (Å²) in [6, 6.07) is 14.2. The van der Waals surface area contributed by atoms with Gasteiger partial charge in [-0.2, -0.15) is 0 Å². The van der Waals surface area contributed by atoms with E-state index in [-0.39, 0.29) is 5.76 Å². The van der Waals surface area contributed by atoms with Crippen LogP contribution in [0.1, 0.15) is 12.0 Å². The Hall–Kier alpha value is -3.39. The maximum Gasteiger partial charge on any atom is 0.293 e. The van der Waals surface area contributed by atoms with Crippen molar-refractivity contribution in [3.8, 4) is 5.75 Å². The summed E-state index contributed by atoms with van der Waals surface area (Å²) < 4.78 is 6.09. The van der Waals surface area contributed by atoms with Crippen LogP contribution in [0.2, 0.25) is 5.02 Å². The smallest absolute Gasteiger partial charge is 0.293 e. The van der Waals surface area contributed by atoms with Gasteiger partial charge in [0.05, 0.1) is 6.10 Å². The number of allylic oxidation sites excluding steroid dienone is 3. The van der Waals surface area contributed by atoms with Gasteiger partial charge in [-0.1, -0.05) is 42.0 Å². The minimum absolute atomic E-state index is 0.0551. The van der Waals surface area contributed by atoms with Crippen LogP contribution in [0.3, 0.4) is 0 Å². The van der Waals surface area contributed by atoms with E-state index in [9.17, 15) is 9.90 Å². The number of amides is 1. The molecule has 1 aliphatic heterocycles. The molecule has 0 saturated carbocycles. The van der Waals surface area contributed by atoms with E-state index >= 15 is 0 Å². The van der Waals surface area contributed by atoms with Crippen molar-refractivity contribution < 1.29 is 14.6 Å². The highest BCUT2D eigenvalue weighted by Crippen LogP contribution is 2.26. The molecule has 0 aromatic heterocycles. The van der Waals surface area contributed by atoms with Gasteiger partial charge in [0, 0.05) is 43.1 Å². The van der Waals surface area contributed by atoms with Gasteiger partial charge < -0.3 is 30.8 Å². The van der Waals surface area contributed by atoms with E-state index in [1.807, 2.05) is 29.2 Å². The number of nitrogens with zero attached hydrogens (tertiary/aromatic N) is 1. The third-order valence-corrected chi connectivity index (χ3v) is 5.87. The monoisotopic (exact) mass is 478 g/mol. The number of nitrogens with one attached hydrogen (secondary N) is 3. The molecule has 0 bridgehead atoms. The van der Waals surface area contributed by atoms with Crippen molar-refractivity contribution in [2.24, 2.45) is 0 Å². The van der Waals surface area contributed by atoms with Crippen LogP contribution in [0.15, 0.2) is 78.2 Å². The number of benzene rings is 2. The van der Waals surface area contributed by atoms with Crippen molar-refractivity contribution in [3.05, 3.63) is 88.8 Å². The Balaban J connectivity index is 1.60. The van der Waals surface area contributed by atoms with Crippen LogP contribution >= 0.6 is 11.6 Å². The normalized spacial score (nSPS) is 18.6. The second-order valence-electron chi connectivity index (χ2n) is 8.00. The van der Waals surface area contributed by atoms with Gasteiger partial charge in [0.15, 0.2) is 0 Å². The van der Waals surface area contributed by atoms with Gasteiger partial charge in [-0.3, -0.25) is 4.79 Å². The second-order valence-corrected chi connectivity index (χ2v) is 8.44. The first-order valence-electron chi connectivity index (χ1n) is 11.2. The average molecular weight is 479 g/mol. The molecule has 1 amide bonds. The maximum absolute atomic E-state index is 13.3. The summed E-state index contributed by atoms with van der Waals surface area (Å²) in [5.74, 6) is 0.0924. The summed E-state index contributed by atoms with van der Waals surface area (Å²) in [5.41, 5.74) is 3.01. The molecule has 4 N–H and O–H groups in total. The van der Waals surface area contributed by atoms with Crippen molar-refractivity contribution in [2.75, 3.05) is 31.5 Å². The molecule has 1 saturated heterocycles. The third kappa shape index (κ3) is 5.94. The number of aliphatic hydroxyl groups is 1. The topological polar surface area (TPSA) is 97.7 Å². The van der Waals surface area contributed by atoms with Gasteiger partial charge in [-0.15, -0.1) is 0 Å². The molecule has 0 radical (unpaired) electrons. The number of halogens is 1. The summed E-state index contributed by atoms with van der Waals surface area (Å²) in [6.07, 6.45) is 6.96. The SMILES string of the molecule is N=C/C(=C(/Oc1ccc(C2=CCC(O)C=C2)cc1)C(=O)Nc1ccc(Cl)cc1)N1CCNCC1.